The van der Waals surface area contributed by atoms with Gasteiger partial charge in [-0.25, -0.2) is 0 Å². The van der Waals surface area contributed by atoms with Gasteiger partial charge in [0.25, 0.3) is 5.91 Å². The lowest BCUT2D eigenvalue weighted by Gasteiger charge is -2.35. The molecule has 1 fully saturated rings. The van der Waals surface area contributed by atoms with Crippen LogP contribution in [0.4, 0.5) is 13.2 Å². The summed E-state index contributed by atoms with van der Waals surface area (Å²) in [6, 6.07) is 17.8. The van der Waals surface area contributed by atoms with Crippen molar-refractivity contribution in [2.75, 3.05) is 6.54 Å². The van der Waals surface area contributed by atoms with E-state index in [-0.39, 0.29) is 24.1 Å². The number of benzene rings is 2. The zero-order chi connectivity index (χ0) is 25.5. The van der Waals surface area contributed by atoms with E-state index in [2.05, 4.69) is 0 Å². The average Bonchev–Trinajstić information content (AvgIpc) is 3.40. The van der Waals surface area contributed by atoms with Gasteiger partial charge in [-0.1, -0.05) is 61.7 Å². The molecule has 190 valence electrons. The van der Waals surface area contributed by atoms with Crippen LogP contribution in [0.5, 0.6) is 0 Å². The van der Waals surface area contributed by atoms with Gasteiger partial charge in [-0.15, -0.1) is 11.3 Å². The molecule has 0 spiro atoms. The van der Waals surface area contributed by atoms with Crippen molar-refractivity contribution < 1.29 is 22.8 Å². The van der Waals surface area contributed by atoms with Gasteiger partial charge in [0.05, 0.1) is 12.1 Å². The van der Waals surface area contributed by atoms with Crippen molar-refractivity contribution >= 4 is 23.2 Å². The summed E-state index contributed by atoms with van der Waals surface area (Å²) in [6.45, 7) is 0.618. The first-order valence-corrected chi connectivity index (χ1v) is 13.0. The second-order valence-electron chi connectivity index (χ2n) is 9.12. The van der Waals surface area contributed by atoms with Crippen LogP contribution in [0.2, 0.25) is 0 Å². The Balaban J connectivity index is 1.60. The first kappa shape index (κ1) is 25.9. The zero-order valence-electron chi connectivity index (χ0n) is 19.9. The summed E-state index contributed by atoms with van der Waals surface area (Å²) in [4.78, 5) is 31.4. The van der Waals surface area contributed by atoms with Crippen LogP contribution in [0.25, 0.3) is 0 Å². The fraction of sp³-hybridized carbons (Fsp3) is 0.357. The largest absolute Gasteiger partial charge is 0.416 e. The Labute approximate surface area is 213 Å². The molecule has 0 aliphatic heterocycles. The molecule has 1 aliphatic rings. The highest BCUT2D eigenvalue weighted by Gasteiger charge is 2.33. The maximum atomic E-state index is 13.6. The number of nitrogens with zero attached hydrogens (tertiary/aromatic N) is 2. The minimum absolute atomic E-state index is 0.0453. The molecule has 0 unspecified atom stereocenters. The van der Waals surface area contributed by atoms with E-state index in [0.717, 1.165) is 54.7 Å². The van der Waals surface area contributed by atoms with Crippen LogP contribution >= 0.6 is 11.3 Å². The molecule has 2 aromatic carbocycles. The predicted molar refractivity (Wildman–Crippen MR) is 134 cm³/mol. The monoisotopic (exact) mass is 514 g/mol. The first-order valence-electron chi connectivity index (χ1n) is 12.1. The molecule has 0 radical (unpaired) electrons. The topological polar surface area (TPSA) is 40.6 Å². The molecule has 3 aromatic rings. The number of hydrogen-bond acceptors (Lipinski definition) is 3. The second-order valence-corrected chi connectivity index (χ2v) is 10.2. The molecule has 0 atom stereocenters. The van der Waals surface area contributed by atoms with Gasteiger partial charge in [-0.05, 0) is 48.1 Å². The van der Waals surface area contributed by atoms with Gasteiger partial charge in [0, 0.05) is 23.0 Å². The van der Waals surface area contributed by atoms with Gasteiger partial charge in [-0.3, -0.25) is 9.59 Å². The molecular weight excluding hydrogens is 485 g/mol. The summed E-state index contributed by atoms with van der Waals surface area (Å²) in [5.74, 6) is -0.754. The van der Waals surface area contributed by atoms with E-state index < -0.39 is 17.6 Å². The summed E-state index contributed by atoms with van der Waals surface area (Å²) in [5.41, 5.74) is 0.0542. The smallest absolute Gasteiger partial charge is 0.332 e. The Bertz CT molecular complexity index is 1140. The van der Waals surface area contributed by atoms with Crippen LogP contribution in [-0.2, 0) is 24.1 Å². The normalized spacial score (nSPS) is 14.4. The maximum absolute atomic E-state index is 13.6. The number of amides is 2. The number of hydrogen-bond donors (Lipinski definition) is 0. The zero-order valence-corrected chi connectivity index (χ0v) is 20.7. The molecule has 1 saturated carbocycles. The average molecular weight is 515 g/mol. The molecule has 1 aliphatic carbocycles. The van der Waals surface area contributed by atoms with Gasteiger partial charge in [-0.2, -0.15) is 13.2 Å². The van der Waals surface area contributed by atoms with Crippen molar-refractivity contribution in [2.24, 2.45) is 0 Å². The number of halogens is 3. The van der Waals surface area contributed by atoms with E-state index in [0.29, 0.717) is 13.1 Å². The highest BCUT2D eigenvalue weighted by molar-refractivity contribution is 7.09. The van der Waals surface area contributed by atoms with Crippen LogP contribution in [-0.4, -0.2) is 34.2 Å². The third kappa shape index (κ3) is 6.75. The first-order chi connectivity index (χ1) is 17.3. The van der Waals surface area contributed by atoms with Crippen LogP contribution in [0.15, 0.2) is 72.1 Å². The van der Waals surface area contributed by atoms with E-state index in [9.17, 15) is 22.8 Å². The minimum Gasteiger partial charge on any atom is -0.332 e. The number of rotatable bonds is 8. The Kier molecular flexibility index (Phi) is 8.46. The highest BCUT2D eigenvalue weighted by atomic mass is 32.1. The van der Waals surface area contributed by atoms with Gasteiger partial charge in [0.2, 0.25) is 5.91 Å². The molecule has 8 heteroatoms. The van der Waals surface area contributed by atoms with Gasteiger partial charge < -0.3 is 9.80 Å². The lowest BCUT2D eigenvalue weighted by molar-refractivity contribution is -0.137. The van der Waals surface area contributed by atoms with Gasteiger partial charge in [0.15, 0.2) is 0 Å². The second kappa shape index (κ2) is 11.7. The molecule has 1 aromatic heterocycles. The summed E-state index contributed by atoms with van der Waals surface area (Å²) in [5, 5.41) is 1.95. The summed E-state index contributed by atoms with van der Waals surface area (Å²) in [7, 11) is 0. The van der Waals surface area contributed by atoms with Crippen molar-refractivity contribution in [3.05, 3.63) is 93.7 Å². The molecule has 4 nitrogen and oxygen atoms in total. The molecule has 0 saturated heterocycles. The van der Waals surface area contributed by atoms with Crippen molar-refractivity contribution in [3.63, 3.8) is 0 Å². The summed E-state index contributed by atoms with van der Waals surface area (Å²) in [6.07, 6.45) is -0.172. The third-order valence-corrected chi connectivity index (χ3v) is 7.38. The molecule has 0 N–H and O–H groups in total. The lowest BCUT2D eigenvalue weighted by atomic mass is 9.93. The number of thiophene rings is 1. The minimum atomic E-state index is -4.55. The fourth-order valence-electron chi connectivity index (χ4n) is 4.63. The molecule has 1 heterocycles. The Morgan fingerprint density at radius 2 is 1.64 bits per heavy atom. The molecule has 4 rings (SSSR count). The van der Waals surface area contributed by atoms with E-state index >= 15 is 0 Å². The molecule has 36 heavy (non-hydrogen) atoms. The highest BCUT2D eigenvalue weighted by Crippen LogP contribution is 2.31. The van der Waals surface area contributed by atoms with Crippen molar-refractivity contribution in [2.45, 2.75) is 57.4 Å². The van der Waals surface area contributed by atoms with Crippen LogP contribution < -0.4 is 0 Å². The van der Waals surface area contributed by atoms with E-state index in [1.54, 1.807) is 16.2 Å². The fourth-order valence-corrected chi connectivity index (χ4v) is 5.35. The quantitative estimate of drug-likeness (QED) is 0.333. The summed E-state index contributed by atoms with van der Waals surface area (Å²) < 4.78 is 39.9. The Morgan fingerprint density at radius 3 is 2.31 bits per heavy atom. The van der Waals surface area contributed by atoms with Crippen molar-refractivity contribution in [1.82, 2.24) is 9.80 Å². The van der Waals surface area contributed by atoms with Crippen LogP contribution in [0, 0.1) is 0 Å². The van der Waals surface area contributed by atoms with Crippen LogP contribution in [0.3, 0.4) is 0 Å². The van der Waals surface area contributed by atoms with Crippen LogP contribution in [0.1, 0.15) is 58.5 Å². The lowest BCUT2D eigenvalue weighted by Crippen LogP contribution is -2.48. The molecular formula is C28H29F3N2O2S. The maximum Gasteiger partial charge on any atom is 0.416 e. The SMILES string of the molecule is O=C(CN(C(=O)c1cccc(C(F)(F)F)c1)C1CCCCC1)N(Cc1ccccc1)Cc1cccs1. The Morgan fingerprint density at radius 1 is 0.889 bits per heavy atom. The van der Waals surface area contributed by atoms with E-state index in [4.69, 9.17) is 0 Å². The standard InChI is InChI=1S/C28H29F3N2O2S/c29-28(30,31)23-12-7-11-22(17-23)27(35)33(24-13-5-2-6-14-24)20-26(34)32(19-25-15-8-16-36-25)18-21-9-3-1-4-10-21/h1,3-4,7-12,15-17,24H,2,5-6,13-14,18-20H2. The van der Waals surface area contributed by atoms with E-state index in [1.165, 1.54) is 17.0 Å². The van der Waals surface area contributed by atoms with Crippen molar-refractivity contribution in [1.29, 1.82) is 0 Å². The van der Waals surface area contributed by atoms with Crippen molar-refractivity contribution in [3.8, 4) is 0 Å². The van der Waals surface area contributed by atoms with Gasteiger partial charge in [0.1, 0.15) is 6.54 Å². The van der Waals surface area contributed by atoms with E-state index in [1.807, 2.05) is 47.8 Å². The predicted octanol–water partition coefficient (Wildman–Crippen LogP) is 6.77. The number of alkyl halides is 3. The summed E-state index contributed by atoms with van der Waals surface area (Å²) >= 11 is 1.55. The number of carbonyl (C=O) groups excluding carboxylic acids is 2. The molecule has 2 amide bonds. The molecule has 0 bridgehead atoms. The van der Waals surface area contributed by atoms with Gasteiger partial charge >= 0.3 is 6.18 Å². The number of carbonyl (C=O) groups is 2. The third-order valence-electron chi connectivity index (χ3n) is 6.51. The Hall–Kier alpha value is -3.13.